The van der Waals surface area contributed by atoms with E-state index in [1.807, 2.05) is 6.92 Å². The summed E-state index contributed by atoms with van der Waals surface area (Å²) < 4.78 is 10.2. The summed E-state index contributed by atoms with van der Waals surface area (Å²) in [6.07, 6.45) is 0.396. The number of anilines is 1. The second kappa shape index (κ2) is 8.52. The van der Waals surface area contributed by atoms with Gasteiger partial charge in [0.25, 0.3) is 11.8 Å². The molecule has 1 aliphatic heterocycles. The van der Waals surface area contributed by atoms with Gasteiger partial charge in [-0.05, 0) is 44.5 Å². The molecule has 1 saturated heterocycles. The molecule has 0 radical (unpaired) electrons. The largest absolute Gasteiger partial charge is 0.494 e. The van der Waals surface area contributed by atoms with Crippen LogP contribution in [-0.2, 0) is 19.1 Å². The van der Waals surface area contributed by atoms with Gasteiger partial charge < -0.3 is 20.1 Å². The number of amides is 4. The molecule has 0 unspecified atom stereocenters. The van der Waals surface area contributed by atoms with Crippen molar-refractivity contribution in [1.29, 1.82) is 0 Å². The number of nitrogens with zero attached hydrogens (tertiary/aromatic N) is 1. The molecule has 9 heteroatoms. The number of esters is 1. The van der Waals surface area contributed by atoms with Gasteiger partial charge in [-0.2, -0.15) is 0 Å². The van der Waals surface area contributed by atoms with Gasteiger partial charge in [-0.1, -0.05) is 6.92 Å². The molecule has 0 bridgehead atoms. The Labute approximate surface area is 157 Å². The van der Waals surface area contributed by atoms with Crippen LogP contribution in [0.15, 0.2) is 24.3 Å². The molecule has 27 heavy (non-hydrogen) atoms. The minimum atomic E-state index is -1.03. The third kappa shape index (κ3) is 4.96. The van der Waals surface area contributed by atoms with Crippen LogP contribution in [0.25, 0.3) is 0 Å². The van der Waals surface area contributed by atoms with E-state index in [0.717, 1.165) is 4.90 Å². The minimum Gasteiger partial charge on any atom is -0.494 e. The first kappa shape index (κ1) is 20.2. The van der Waals surface area contributed by atoms with Crippen molar-refractivity contribution in [2.24, 2.45) is 0 Å². The molecular weight excluding hydrogens is 354 g/mol. The van der Waals surface area contributed by atoms with Crippen LogP contribution in [-0.4, -0.2) is 54.0 Å². The summed E-state index contributed by atoms with van der Waals surface area (Å²) in [6.45, 7) is 4.67. The molecule has 1 atom stereocenters. The Hall–Kier alpha value is -3.10. The molecule has 1 aromatic carbocycles. The van der Waals surface area contributed by atoms with Gasteiger partial charge in [0, 0.05) is 5.69 Å². The summed E-state index contributed by atoms with van der Waals surface area (Å²) in [5.41, 5.74) is -0.505. The molecule has 1 fully saturated rings. The Morgan fingerprint density at radius 3 is 2.41 bits per heavy atom. The van der Waals surface area contributed by atoms with Gasteiger partial charge in [0.1, 0.15) is 17.8 Å². The number of nitrogens with one attached hydrogen (secondary N) is 2. The molecule has 0 aromatic heterocycles. The fourth-order valence-corrected chi connectivity index (χ4v) is 2.45. The molecule has 1 aromatic rings. The zero-order valence-corrected chi connectivity index (χ0v) is 15.5. The quantitative estimate of drug-likeness (QED) is 0.521. The van der Waals surface area contributed by atoms with E-state index in [9.17, 15) is 19.2 Å². The van der Waals surface area contributed by atoms with Crippen LogP contribution in [0.4, 0.5) is 10.5 Å². The lowest BCUT2D eigenvalue weighted by Gasteiger charge is -2.18. The van der Waals surface area contributed by atoms with Crippen molar-refractivity contribution in [1.82, 2.24) is 10.2 Å². The highest BCUT2D eigenvalue weighted by Gasteiger charge is 2.47. The Kier molecular flexibility index (Phi) is 6.38. The summed E-state index contributed by atoms with van der Waals surface area (Å²) in [7, 11) is 0. The number of ether oxygens (including phenoxy) is 2. The van der Waals surface area contributed by atoms with E-state index in [-0.39, 0.29) is 0 Å². The lowest BCUT2D eigenvalue weighted by Crippen LogP contribution is -2.43. The minimum absolute atomic E-state index is 0.396. The number of urea groups is 1. The summed E-state index contributed by atoms with van der Waals surface area (Å²) >= 11 is 0. The number of imide groups is 1. The van der Waals surface area contributed by atoms with Gasteiger partial charge >= 0.3 is 12.0 Å². The van der Waals surface area contributed by atoms with E-state index in [1.54, 1.807) is 38.1 Å². The predicted molar refractivity (Wildman–Crippen MR) is 96.1 cm³/mol. The van der Waals surface area contributed by atoms with E-state index < -0.39 is 42.5 Å². The molecule has 9 nitrogen and oxygen atoms in total. The fraction of sp³-hybridized carbons (Fsp3) is 0.444. The van der Waals surface area contributed by atoms with E-state index in [0.29, 0.717) is 24.5 Å². The second-order valence-corrected chi connectivity index (χ2v) is 6.17. The van der Waals surface area contributed by atoms with Crippen molar-refractivity contribution < 1.29 is 28.7 Å². The smallest absolute Gasteiger partial charge is 0.326 e. The maximum Gasteiger partial charge on any atom is 0.326 e. The first-order chi connectivity index (χ1) is 12.8. The zero-order valence-electron chi connectivity index (χ0n) is 15.5. The highest BCUT2D eigenvalue weighted by molar-refractivity contribution is 6.08. The van der Waals surface area contributed by atoms with Gasteiger partial charge in [0.2, 0.25) is 0 Å². The molecule has 2 N–H and O–H groups in total. The summed E-state index contributed by atoms with van der Waals surface area (Å²) in [5, 5.41) is 5.10. The van der Waals surface area contributed by atoms with E-state index in [2.05, 4.69) is 10.6 Å². The number of hydrogen-bond donors (Lipinski definition) is 2. The highest BCUT2D eigenvalue weighted by atomic mass is 16.5. The fourth-order valence-electron chi connectivity index (χ4n) is 2.45. The average Bonchev–Trinajstić information content (AvgIpc) is 2.85. The summed E-state index contributed by atoms with van der Waals surface area (Å²) in [6, 6.07) is 6.06. The molecule has 146 valence electrons. The highest BCUT2D eigenvalue weighted by Crippen LogP contribution is 2.20. The number of hydrogen-bond acceptors (Lipinski definition) is 6. The van der Waals surface area contributed by atoms with E-state index in [1.165, 1.54) is 0 Å². The average molecular weight is 377 g/mol. The molecule has 0 aliphatic carbocycles. The van der Waals surface area contributed by atoms with Crippen molar-refractivity contribution in [3.63, 3.8) is 0 Å². The maximum atomic E-state index is 12.2. The first-order valence-electron chi connectivity index (χ1n) is 8.61. The van der Waals surface area contributed by atoms with Crippen molar-refractivity contribution in [3.8, 4) is 5.75 Å². The van der Waals surface area contributed by atoms with Crippen molar-refractivity contribution >= 4 is 29.5 Å². The van der Waals surface area contributed by atoms with Crippen LogP contribution in [0.3, 0.4) is 0 Å². The number of benzene rings is 1. The Morgan fingerprint density at radius 1 is 1.19 bits per heavy atom. The monoisotopic (exact) mass is 377 g/mol. The maximum absolute atomic E-state index is 12.2. The van der Waals surface area contributed by atoms with Crippen LogP contribution in [0.2, 0.25) is 0 Å². The lowest BCUT2D eigenvalue weighted by atomic mass is 9.99. The molecule has 0 saturated carbocycles. The normalized spacial score (nSPS) is 18.9. The molecule has 0 spiro atoms. The van der Waals surface area contributed by atoms with Crippen LogP contribution >= 0.6 is 0 Å². The van der Waals surface area contributed by atoms with Crippen molar-refractivity contribution in [2.75, 3.05) is 25.1 Å². The number of rotatable bonds is 8. The third-order valence-electron chi connectivity index (χ3n) is 4.15. The van der Waals surface area contributed by atoms with Crippen molar-refractivity contribution in [3.05, 3.63) is 24.3 Å². The van der Waals surface area contributed by atoms with E-state index >= 15 is 0 Å². The Bertz CT molecular complexity index is 733. The molecule has 1 heterocycles. The van der Waals surface area contributed by atoms with Crippen LogP contribution in [0.5, 0.6) is 5.75 Å². The molecule has 1 aliphatic rings. The zero-order chi connectivity index (χ0) is 20.0. The predicted octanol–water partition coefficient (Wildman–Crippen LogP) is 1.29. The molecular formula is C18H23N3O6. The van der Waals surface area contributed by atoms with Crippen LogP contribution in [0.1, 0.15) is 27.2 Å². The number of carbonyl (C=O) groups is 4. The lowest BCUT2D eigenvalue weighted by molar-refractivity contribution is -0.150. The molecule has 4 amide bonds. The van der Waals surface area contributed by atoms with E-state index in [4.69, 9.17) is 9.47 Å². The number of carbonyl (C=O) groups excluding carboxylic acids is 4. The Morgan fingerprint density at radius 2 is 1.85 bits per heavy atom. The SMILES string of the molecule is CCOc1ccc(NC(=O)COC(=O)CN2C(=O)N[C@@](C)(CC)C2=O)cc1. The van der Waals surface area contributed by atoms with Gasteiger partial charge in [-0.15, -0.1) is 0 Å². The first-order valence-corrected chi connectivity index (χ1v) is 8.61. The van der Waals surface area contributed by atoms with Crippen LogP contribution < -0.4 is 15.4 Å². The molecule has 2 rings (SSSR count). The second-order valence-electron chi connectivity index (χ2n) is 6.17. The van der Waals surface area contributed by atoms with Gasteiger partial charge in [-0.25, -0.2) is 4.79 Å². The topological polar surface area (TPSA) is 114 Å². The third-order valence-corrected chi connectivity index (χ3v) is 4.15. The summed E-state index contributed by atoms with van der Waals surface area (Å²) in [5.74, 6) is -1.20. The summed E-state index contributed by atoms with van der Waals surface area (Å²) in [4.78, 5) is 48.6. The van der Waals surface area contributed by atoms with Crippen LogP contribution in [0, 0.1) is 0 Å². The standard InChI is InChI=1S/C18H23N3O6/c1-4-18(3)16(24)21(17(25)20-18)10-15(23)27-11-14(22)19-12-6-8-13(9-7-12)26-5-2/h6-9H,4-5,10-11H2,1-3H3,(H,19,22)(H,20,25)/t18-/m0/s1. The van der Waals surface area contributed by atoms with Gasteiger partial charge in [0.05, 0.1) is 6.61 Å². The Balaban J connectivity index is 1.80. The van der Waals surface area contributed by atoms with Gasteiger partial charge in [-0.3, -0.25) is 19.3 Å². The van der Waals surface area contributed by atoms with Crippen molar-refractivity contribution in [2.45, 2.75) is 32.7 Å². The van der Waals surface area contributed by atoms with Gasteiger partial charge in [0.15, 0.2) is 6.61 Å².